The third-order valence-corrected chi connectivity index (χ3v) is 1.56. The van der Waals surface area contributed by atoms with E-state index in [1.54, 1.807) is 6.20 Å². The highest BCUT2D eigenvalue weighted by Gasteiger charge is 1.94. The van der Waals surface area contributed by atoms with Crippen LogP contribution in [0.25, 0.3) is 11.0 Å². The molecule has 0 spiro atoms. The minimum absolute atomic E-state index is 1.00. The van der Waals surface area contributed by atoms with Crippen molar-refractivity contribution in [1.29, 1.82) is 0 Å². The first-order valence-corrected chi connectivity index (χ1v) is 3.15. The van der Waals surface area contributed by atoms with Gasteiger partial charge in [-0.25, -0.2) is 0 Å². The summed E-state index contributed by atoms with van der Waals surface area (Å²) in [6, 6.07) is 6.90. The first kappa shape index (κ1) is 5.47. The van der Waals surface area contributed by atoms with Crippen LogP contribution in [0.4, 0.5) is 0 Å². The van der Waals surface area contributed by atoms with E-state index < -0.39 is 0 Å². The van der Waals surface area contributed by atoms with Crippen LogP contribution in [0.3, 0.4) is 0 Å². The van der Waals surface area contributed by atoms with E-state index in [-0.39, 0.29) is 0 Å². The summed E-state index contributed by atoms with van der Waals surface area (Å²) in [6.45, 7) is 0. The number of pyridine rings is 1. The molecule has 0 saturated carbocycles. The quantitative estimate of drug-likeness (QED) is 0.528. The average Bonchev–Trinajstić information content (AvgIpc) is 2.34. The standard InChI is InChI=1S/C8H7N2/c1-10-6-4-7-8(10)3-2-5-9-7/h2,4-6H,1H3. The molecule has 1 radical (unpaired) electrons. The van der Waals surface area contributed by atoms with Gasteiger partial charge in [0.15, 0.2) is 0 Å². The van der Waals surface area contributed by atoms with E-state index in [2.05, 4.69) is 11.1 Å². The first-order chi connectivity index (χ1) is 4.88. The summed E-state index contributed by atoms with van der Waals surface area (Å²) >= 11 is 0. The van der Waals surface area contributed by atoms with Crippen molar-refractivity contribution in [2.24, 2.45) is 7.05 Å². The maximum absolute atomic E-state index is 4.15. The Morgan fingerprint density at radius 2 is 2.50 bits per heavy atom. The number of nitrogens with zero attached hydrogens (tertiary/aromatic N) is 2. The molecule has 49 valence electrons. The number of aromatic nitrogens is 2. The predicted molar refractivity (Wildman–Crippen MR) is 39.6 cm³/mol. The number of hydrogen-bond donors (Lipinski definition) is 0. The highest BCUT2D eigenvalue weighted by atomic mass is 14.9. The molecular weight excluding hydrogens is 124 g/mol. The van der Waals surface area contributed by atoms with Crippen molar-refractivity contribution in [2.45, 2.75) is 0 Å². The zero-order chi connectivity index (χ0) is 6.97. The van der Waals surface area contributed by atoms with Gasteiger partial charge < -0.3 is 4.57 Å². The number of aryl methyl sites for hydroxylation is 1. The second-order valence-electron chi connectivity index (χ2n) is 2.25. The van der Waals surface area contributed by atoms with Crippen LogP contribution in [0.5, 0.6) is 0 Å². The summed E-state index contributed by atoms with van der Waals surface area (Å²) in [5.41, 5.74) is 2.06. The van der Waals surface area contributed by atoms with E-state index in [9.17, 15) is 0 Å². The molecule has 10 heavy (non-hydrogen) atoms. The molecule has 0 aliphatic rings. The molecule has 0 bridgehead atoms. The van der Waals surface area contributed by atoms with Gasteiger partial charge in [0.05, 0.1) is 11.0 Å². The number of rotatable bonds is 0. The van der Waals surface area contributed by atoms with Gasteiger partial charge >= 0.3 is 0 Å². The van der Waals surface area contributed by atoms with Crippen LogP contribution in [0.15, 0.2) is 24.5 Å². The molecule has 2 nitrogen and oxygen atoms in total. The molecule has 0 atom stereocenters. The zero-order valence-electron chi connectivity index (χ0n) is 5.70. The van der Waals surface area contributed by atoms with Gasteiger partial charge in [0.2, 0.25) is 0 Å². The minimum Gasteiger partial charge on any atom is -0.349 e. The number of fused-ring (bicyclic) bond motifs is 1. The van der Waals surface area contributed by atoms with Crippen LogP contribution < -0.4 is 0 Å². The van der Waals surface area contributed by atoms with Crippen LogP contribution in [-0.4, -0.2) is 9.55 Å². The Kier molecular flexibility index (Phi) is 1.01. The van der Waals surface area contributed by atoms with E-state index in [1.165, 1.54) is 0 Å². The van der Waals surface area contributed by atoms with Crippen molar-refractivity contribution in [2.75, 3.05) is 0 Å². The minimum atomic E-state index is 1.00. The molecule has 2 aromatic heterocycles. The van der Waals surface area contributed by atoms with Crippen molar-refractivity contribution in [3.8, 4) is 0 Å². The fraction of sp³-hybridized carbons (Fsp3) is 0.125. The fourth-order valence-corrected chi connectivity index (χ4v) is 1.03. The van der Waals surface area contributed by atoms with Gasteiger partial charge in [0, 0.05) is 25.5 Å². The van der Waals surface area contributed by atoms with Gasteiger partial charge in [0.25, 0.3) is 0 Å². The summed E-state index contributed by atoms with van der Waals surface area (Å²) in [4.78, 5) is 4.15. The third kappa shape index (κ3) is 0.620. The van der Waals surface area contributed by atoms with Crippen molar-refractivity contribution < 1.29 is 0 Å². The lowest BCUT2D eigenvalue weighted by Gasteiger charge is -1.90. The topological polar surface area (TPSA) is 17.8 Å². The second kappa shape index (κ2) is 1.84. The monoisotopic (exact) mass is 131 g/mol. The molecular formula is C8H7N2. The van der Waals surface area contributed by atoms with Gasteiger partial charge in [-0.15, -0.1) is 0 Å². The summed E-state index contributed by atoms with van der Waals surface area (Å²) in [7, 11) is 1.99. The van der Waals surface area contributed by atoms with Gasteiger partial charge in [-0.05, 0) is 12.1 Å². The molecule has 0 amide bonds. The summed E-state index contributed by atoms with van der Waals surface area (Å²) in [5, 5.41) is 0. The maximum Gasteiger partial charge on any atom is 0.0887 e. The first-order valence-electron chi connectivity index (χ1n) is 3.15. The fourth-order valence-electron chi connectivity index (χ4n) is 1.03. The summed E-state index contributed by atoms with van der Waals surface area (Å²) < 4.78 is 2.00. The Bertz CT molecular complexity index is 349. The predicted octanol–water partition coefficient (Wildman–Crippen LogP) is 1.37. The lowest BCUT2D eigenvalue weighted by Crippen LogP contribution is -1.83. The molecule has 0 saturated heterocycles. The van der Waals surface area contributed by atoms with Gasteiger partial charge in [-0.2, -0.15) is 0 Å². The Balaban J connectivity index is 2.93. The average molecular weight is 131 g/mol. The summed E-state index contributed by atoms with van der Waals surface area (Å²) in [6.07, 6.45) is 3.73. The molecule has 0 aliphatic carbocycles. The molecule has 2 aromatic rings. The van der Waals surface area contributed by atoms with Crippen LogP contribution >= 0.6 is 0 Å². The van der Waals surface area contributed by atoms with Gasteiger partial charge in [-0.1, -0.05) is 0 Å². The molecule has 0 unspecified atom stereocenters. The smallest absolute Gasteiger partial charge is 0.0887 e. The molecule has 0 aliphatic heterocycles. The third-order valence-electron chi connectivity index (χ3n) is 1.56. The lowest BCUT2D eigenvalue weighted by atomic mass is 10.4. The van der Waals surface area contributed by atoms with E-state index in [1.807, 2.05) is 29.9 Å². The largest absolute Gasteiger partial charge is 0.349 e. The van der Waals surface area contributed by atoms with Crippen LogP contribution in [0, 0.1) is 6.07 Å². The Morgan fingerprint density at radius 1 is 1.60 bits per heavy atom. The van der Waals surface area contributed by atoms with E-state index >= 15 is 0 Å². The highest BCUT2D eigenvalue weighted by molar-refractivity contribution is 5.74. The van der Waals surface area contributed by atoms with E-state index in [4.69, 9.17) is 0 Å². The van der Waals surface area contributed by atoms with Crippen molar-refractivity contribution in [3.05, 3.63) is 30.6 Å². The van der Waals surface area contributed by atoms with Gasteiger partial charge in [0.1, 0.15) is 0 Å². The molecule has 0 N–H and O–H groups in total. The van der Waals surface area contributed by atoms with E-state index in [0.717, 1.165) is 11.0 Å². The second-order valence-corrected chi connectivity index (χ2v) is 2.25. The van der Waals surface area contributed by atoms with E-state index in [0.29, 0.717) is 0 Å². The Hall–Kier alpha value is -1.31. The Labute approximate surface area is 59.1 Å². The molecule has 2 heteroatoms. The maximum atomic E-state index is 4.15. The SMILES string of the molecule is Cn1ccc2ncc[c]c21. The molecule has 2 rings (SSSR count). The van der Waals surface area contributed by atoms with Crippen molar-refractivity contribution in [1.82, 2.24) is 9.55 Å². The van der Waals surface area contributed by atoms with Crippen LogP contribution in [-0.2, 0) is 7.05 Å². The normalized spacial score (nSPS) is 10.5. The molecule has 0 aromatic carbocycles. The van der Waals surface area contributed by atoms with Crippen LogP contribution in [0.1, 0.15) is 0 Å². The number of hydrogen-bond acceptors (Lipinski definition) is 1. The van der Waals surface area contributed by atoms with Gasteiger partial charge in [-0.3, -0.25) is 4.98 Å². The van der Waals surface area contributed by atoms with Crippen molar-refractivity contribution >= 4 is 11.0 Å². The summed E-state index contributed by atoms with van der Waals surface area (Å²) in [5.74, 6) is 0. The molecule has 2 heterocycles. The van der Waals surface area contributed by atoms with Crippen LogP contribution in [0.2, 0.25) is 0 Å². The van der Waals surface area contributed by atoms with Crippen molar-refractivity contribution in [3.63, 3.8) is 0 Å². The molecule has 0 fully saturated rings. The highest BCUT2D eigenvalue weighted by Crippen LogP contribution is 2.08. The lowest BCUT2D eigenvalue weighted by molar-refractivity contribution is 0.967. The Morgan fingerprint density at radius 3 is 3.30 bits per heavy atom. The zero-order valence-corrected chi connectivity index (χ0v) is 5.70.